The van der Waals surface area contributed by atoms with Gasteiger partial charge < -0.3 is 16.0 Å². The molecule has 0 spiro atoms. The minimum absolute atomic E-state index is 0.359. The normalized spacial score (nSPS) is 12.0. The van der Waals surface area contributed by atoms with Gasteiger partial charge in [-0.25, -0.2) is 4.98 Å². The summed E-state index contributed by atoms with van der Waals surface area (Å²) >= 11 is 1.52. The summed E-state index contributed by atoms with van der Waals surface area (Å²) in [5.41, 5.74) is 8.27. The molecule has 1 unspecified atom stereocenters. The number of pyridine rings is 1. The fourth-order valence-corrected chi connectivity index (χ4v) is 3.64. The van der Waals surface area contributed by atoms with Crippen molar-refractivity contribution in [2.75, 3.05) is 0 Å². The summed E-state index contributed by atoms with van der Waals surface area (Å²) in [4.78, 5) is 37.1. The molecule has 1 aromatic carbocycles. The van der Waals surface area contributed by atoms with Crippen LogP contribution in [0.3, 0.4) is 0 Å². The molecule has 8 heteroatoms. The molecule has 4 N–H and O–H groups in total. The Kier molecular flexibility index (Phi) is 4.86. The van der Waals surface area contributed by atoms with E-state index in [1.165, 1.54) is 11.3 Å². The number of fused-ring (bicyclic) bond motifs is 1. The Hall–Kier alpha value is -3.52. The number of hydrogen-bond donors (Lipinski definition) is 3. The number of nitrogens with two attached hydrogens (primary N) is 1. The quantitative estimate of drug-likeness (QED) is 0.468. The van der Waals surface area contributed by atoms with E-state index in [-0.39, 0.29) is 5.91 Å². The Bertz CT molecular complexity index is 1120. The molecule has 140 valence electrons. The van der Waals surface area contributed by atoms with Crippen molar-refractivity contribution in [3.8, 4) is 11.4 Å². The second-order valence-electron chi connectivity index (χ2n) is 6.27. The lowest BCUT2D eigenvalue weighted by Crippen LogP contribution is -2.45. The topological polar surface area (TPSA) is 114 Å². The Balaban J connectivity index is 1.56. The summed E-state index contributed by atoms with van der Waals surface area (Å²) in [6, 6.07) is 11.9. The van der Waals surface area contributed by atoms with Gasteiger partial charge >= 0.3 is 0 Å². The van der Waals surface area contributed by atoms with Crippen LogP contribution in [0.5, 0.6) is 0 Å². The number of carbonyl (C=O) groups excluding carboxylic acids is 2. The molecule has 1 atom stereocenters. The Labute approximate surface area is 164 Å². The van der Waals surface area contributed by atoms with E-state index in [0.717, 1.165) is 21.5 Å². The van der Waals surface area contributed by atoms with Crippen LogP contribution in [-0.4, -0.2) is 32.8 Å². The minimum atomic E-state index is -0.768. The molecule has 4 rings (SSSR count). The highest BCUT2D eigenvalue weighted by Gasteiger charge is 2.20. The van der Waals surface area contributed by atoms with E-state index in [1.54, 1.807) is 30.6 Å². The first-order valence-corrected chi connectivity index (χ1v) is 9.51. The molecule has 0 aliphatic heterocycles. The lowest BCUT2D eigenvalue weighted by atomic mass is 10.1. The van der Waals surface area contributed by atoms with Gasteiger partial charge in [0.1, 0.15) is 11.9 Å². The number of benzene rings is 1. The molecule has 0 bridgehead atoms. The van der Waals surface area contributed by atoms with E-state index in [0.29, 0.717) is 17.8 Å². The maximum Gasteiger partial charge on any atom is 0.252 e. The van der Waals surface area contributed by atoms with Crippen LogP contribution in [0.1, 0.15) is 15.2 Å². The fourth-order valence-electron chi connectivity index (χ4n) is 2.89. The maximum absolute atomic E-state index is 12.7. The monoisotopic (exact) mass is 391 g/mol. The number of amides is 2. The molecule has 0 radical (unpaired) electrons. The van der Waals surface area contributed by atoms with Crippen LogP contribution in [-0.2, 0) is 11.2 Å². The smallest absolute Gasteiger partial charge is 0.252 e. The molecule has 7 nitrogen and oxygen atoms in total. The highest BCUT2D eigenvalue weighted by atomic mass is 32.1. The van der Waals surface area contributed by atoms with Crippen molar-refractivity contribution >= 4 is 34.2 Å². The van der Waals surface area contributed by atoms with Gasteiger partial charge in [0.2, 0.25) is 5.91 Å². The second-order valence-corrected chi connectivity index (χ2v) is 7.30. The highest BCUT2D eigenvalue weighted by molar-refractivity contribution is 7.09. The van der Waals surface area contributed by atoms with Crippen molar-refractivity contribution in [3.05, 3.63) is 70.7 Å². The summed E-state index contributed by atoms with van der Waals surface area (Å²) in [6.45, 7) is 0. The SMILES string of the molecule is NC(=O)C(Cc1cccs1)NC(=O)c1ccc2nc(-c3ccncc3)[nH]c2c1. The van der Waals surface area contributed by atoms with E-state index in [2.05, 4.69) is 20.3 Å². The number of H-pyrrole nitrogens is 1. The molecule has 4 aromatic rings. The number of aromatic amines is 1. The van der Waals surface area contributed by atoms with Crippen molar-refractivity contribution in [1.29, 1.82) is 0 Å². The molecule has 0 aliphatic rings. The first-order chi connectivity index (χ1) is 13.6. The van der Waals surface area contributed by atoms with Crippen molar-refractivity contribution in [2.45, 2.75) is 12.5 Å². The minimum Gasteiger partial charge on any atom is -0.368 e. The summed E-state index contributed by atoms with van der Waals surface area (Å²) in [6.07, 6.45) is 3.76. The number of nitrogens with zero attached hydrogens (tertiary/aromatic N) is 2. The Morgan fingerprint density at radius 1 is 1.18 bits per heavy atom. The largest absolute Gasteiger partial charge is 0.368 e. The third kappa shape index (κ3) is 3.77. The molecule has 2 amide bonds. The number of aromatic nitrogens is 3. The first-order valence-electron chi connectivity index (χ1n) is 8.63. The zero-order valence-electron chi connectivity index (χ0n) is 14.8. The van der Waals surface area contributed by atoms with Gasteiger partial charge in [-0.3, -0.25) is 14.6 Å². The van der Waals surface area contributed by atoms with E-state index >= 15 is 0 Å². The third-order valence-corrected chi connectivity index (χ3v) is 5.23. The third-order valence-electron chi connectivity index (χ3n) is 4.33. The number of nitrogens with one attached hydrogen (secondary N) is 2. The Morgan fingerprint density at radius 2 is 2.00 bits per heavy atom. The molecule has 0 fully saturated rings. The zero-order valence-corrected chi connectivity index (χ0v) is 15.6. The van der Waals surface area contributed by atoms with Crippen LogP contribution in [0, 0.1) is 0 Å². The number of carbonyl (C=O) groups is 2. The molecule has 3 heterocycles. The van der Waals surface area contributed by atoms with Gasteiger partial charge in [0.15, 0.2) is 0 Å². The average molecular weight is 391 g/mol. The van der Waals surface area contributed by atoms with Gasteiger partial charge in [-0.05, 0) is 41.8 Å². The van der Waals surface area contributed by atoms with Crippen molar-refractivity contribution in [2.24, 2.45) is 5.73 Å². The summed E-state index contributed by atoms with van der Waals surface area (Å²) < 4.78 is 0. The molecule has 3 aromatic heterocycles. The average Bonchev–Trinajstić information content (AvgIpc) is 3.37. The molecular formula is C20H17N5O2S. The van der Waals surface area contributed by atoms with Crippen LogP contribution in [0.4, 0.5) is 0 Å². The maximum atomic E-state index is 12.7. The number of primary amides is 1. The standard InChI is InChI=1S/C20H17N5O2S/c21-18(26)17(11-14-2-1-9-28-14)25-20(27)13-3-4-15-16(10-13)24-19(23-15)12-5-7-22-8-6-12/h1-10,17H,11H2,(H2,21,26)(H,23,24)(H,25,27). The summed E-state index contributed by atoms with van der Waals surface area (Å²) in [7, 11) is 0. The molecular weight excluding hydrogens is 374 g/mol. The van der Waals surface area contributed by atoms with Gasteiger partial charge in [0, 0.05) is 34.8 Å². The van der Waals surface area contributed by atoms with Crippen molar-refractivity contribution < 1.29 is 9.59 Å². The van der Waals surface area contributed by atoms with Crippen LogP contribution in [0.15, 0.2) is 60.2 Å². The predicted molar refractivity (Wildman–Crippen MR) is 108 cm³/mol. The van der Waals surface area contributed by atoms with Crippen molar-refractivity contribution in [3.63, 3.8) is 0 Å². The fraction of sp³-hybridized carbons (Fsp3) is 0.100. The van der Waals surface area contributed by atoms with E-state index in [9.17, 15) is 9.59 Å². The van der Waals surface area contributed by atoms with Gasteiger partial charge in [-0.2, -0.15) is 0 Å². The van der Waals surface area contributed by atoms with Gasteiger partial charge in [0.25, 0.3) is 5.91 Å². The number of thiophene rings is 1. The number of hydrogen-bond acceptors (Lipinski definition) is 5. The summed E-state index contributed by atoms with van der Waals surface area (Å²) in [5.74, 6) is -0.227. The second kappa shape index (κ2) is 7.61. The van der Waals surface area contributed by atoms with Crippen LogP contribution < -0.4 is 11.1 Å². The Morgan fingerprint density at radius 3 is 2.71 bits per heavy atom. The van der Waals surface area contributed by atoms with Crippen molar-refractivity contribution in [1.82, 2.24) is 20.3 Å². The molecule has 28 heavy (non-hydrogen) atoms. The summed E-state index contributed by atoms with van der Waals surface area (Å²) in [5, 5.41) is 4.64. The van der Waals surface area contributed by atoms with Crippen LogP contribution in [0.25, 0.3) is 22.4 Å². The number of rotatable bonds is 6. The lowest BCUT2D eigenvalue weighted by Gasteiger charge is -2.14. The van der Waals surface area contributed by atoms with Crippen LogP contribution in [0.2, 0.25) is 0 Å². The zero-order chi connectivity index (χ0) is 19.5. The van der Waals surface area contributed by atoms with E-state index in [4.69, 9.17) is 5.73 Å². The van der Waals surface area contributed by atoms with E-state index in [1.807, 2.05) is 29.6 Å². The molecule has 0 saturated carbocycles. The van der Waals surface area contributed by atoms with Crippen LogP contribution >= 0.6 is 11.3 Å². The van der Waals surface area contributed by atoms with E-state index < -0.39 is 11.9 Å². The molecule has 0 saturated heterocycles. The van der Waals surface area contributed by atoms with Gasteiger partial charge in [-0.15, -0.1) is 11.3 Å². The first kappa shape index (κ1) is 17.9. The van der Waals surface area contributed by atoms with Gasteiger partial charge in [0.05, 0.1) is 11.0 Å². The van der Waals surface area contributed by atoms with Gasteiger partial charge in [-0.1, -0.05) is 6.07 Å². The predicted octanol–water partition coefficient (Wildman–Crippen LogP) is 2.51. The highest BCUT2D eigenvalue weighted by Crippen LogP contribution is 2.21. The molecule has 0 aliphatic carbocycles. The lowest BCUT2D eigenvalue weighted by molar-refractivity contribution is -0.119. The number of imidazole rings is 1.